The quantitative estimate of drug-likeness (QED) is 0.598. The van der Waals surface area contributed by atoms with E-state index in [-0.39, 0.29) is 10.00 Å². The molecular formula is C8H13NOS2. The van der Waals surface area contributed by atoms with Crippen LogP contribution in [0, 0.1) is 0 Å². The number of amides is 1. The summed E-state index contributed by atoms with van der Waals surface area (Å²) in [7, 11) is 0. The molecule has 2 saturated heterocycles. The number of nitrogens with zero attached hydrogens (tertiary/aromatic N) is 1. The number of thioether (sulfide) groups is 2. The summed E-state index contributed by atoms with van der Waals surface area (Å²) in [6, 6.07) is 0. The molecule has 2 atom stereocenters. The molecule has 2 fully saturated rings. The lowest BCUT2D eigenvalue weighted by Gasteiger charge is -2.23. The molecule has 0 bridgehead atoms. The summed E-state index contributed by atoms with van der Waals surface area (Å²) in [4.78, 5) is 13.6. The van der Waals surface area contributed by atoms with E-state index in [1.54, 1.807) is 11.8 Å². The second kappa shape index (κ2) is 2.58. The monoisotopic (exact) mass is 203 g/mol. The standard InChI is InChI=1S/C8H13NOS2/c1-5-6(10)9-4-11-8(2,3)7(9)12-5/h5,7H,4H2,1-3H3/t5-,7-/m0/s1. The Morgan fingerprint density at radius 2 is 2.25 bits per heavy atom. The molecule has 0 unspecified atom stereocenters. The number of hydrogen-bond acceptors (Lipinski definition) is 3. The van der Waals surface area contributed by atoms with Crippen molar-refractivity contribution in [1.82, 2.24) is 4.90 Å². The Hall–Kier alpha value is 0.170. The summed E-state index contributed by atoms with van der Waals surface area (Å²) in [5.74, 6) is 1.21. The summed E-state index contributed by atoms with van der Waals surface area (Å²) in [6.07, 6.45) is 0. The topological polar surface area (TPSA) is 20.3 Å². The average molecular weight is 203 g/mol. The highest BCUT2D eigenvalue weighted by atomic mass is 32.2. The van der Waals surface area contributed by atoms with Crippen LogP contribution in [0.4, 0.5) is 0 Å². The number of rotatable bonds is 0. The lowest BCUT2D eigenvalue weighted by Crippen LogP contribution is -2.35. The minimum absolute atomic E-state index is 0.176. The van der Waals surface area contributed by atoms with Gasteiger partial charge in [-0.25, -0.2) is 0 Å². The minimum Gasteiger partial charge on any atom is -0.319 e. The van der Waals surface area contributed by atoms with Crippen LogP contribution in [0.1, 0.15) is 20.8 Å². The molecule has 2 nitrogen and oxygen atoms in total. The van der Waals surface area contributed by atoms with Crippen LogP contribution in [-0.2, 0) is 4.79 Å². The Morgan fingerprint density at radius 3 is 2.83 bits per heavy atom. The van der Waals surface area contributed by atoms with Crippen molar-refractivity contribution in [1.29, 1.82) is 0 Å². The summed E-state index contributed by atoms with van der Waals surface area (Å²) in [5, 5.41) is 0.583. The Labute approximate surface area is 81.4 Å². The second-order valence-corrected chi connectivity index (χ2v) is 6.84. The molecule has 0 N–H and O–H groups in total. The van der Waals surface area contributed by atoms with Gasteiger partial charge >= 0.3 is 0 Å². The van der Waals surface area contributed by atoms with Gasteiger partial charge in [0.25, 0.3) is 0 Å². The normalized spacial score (nSPS) is 38.9. The zero-order chi connectivity index (χ0) is 8.93. The maximum absolute atomic E-state index is 11.6. The fourth-order valence-corrected chi connectivity index (χ4v) is 4.43. The Kier molecular flexibility index (Phi) is 1.88. The van der Waals surface area contributed by atoms with E-state index in [9.17, 15) is 4.79 Å². The predicted octanol–water partition coefficient (Wildman–Crippen LogP) is 1.76. The highest BCUT2D eigenvalue weighted by molar-refractivity contribution is 8.06. The first-order valence-electron chi connectivity index (χ1n) is 4.12. The van der Waals surface area contributed by atoms with E-state index in [1.165, 1.54) is 0 Å². The van der Waals surface area contributed by atoms with E-state index < -0.39 is 0 Å². The molecule has 12 heavy (non-hydrogen) atoms. The first-order chi connectivity index (χ1) is 5.52. The molecule has 0 saturated carbocycles. The number of hydrogen-bond donors (Lipinski definition) is 0. The fourth-order valence-electron chi connectivity index (χ4n) is 1.65. The number of fused-ring (bicyclic) bond motifs is 1. The van der Waals surface area contributed by atoms with Crippen LogP contribution in [0.15, 0.2) is 0 Å². The van der Waals surface area contributed by atoms with Crippen LogP contribution in [0.25, 0.3) is 0 Å². The van der Waals surface area contributed by atoms with E-state index >= 15 is 0 Å². The number of carbonyl (C=O) groups excluding carboxylic acids is 1. The van der Waals surface area contributed by atoms with Crippen molar-refractivity contribution in [2.75, 3.05) is 5.88 Å². The van der Waals surface area contributed by atoms with Crippen LogP contribution < -0.4 is 0 Å². The molecule has 2 heterocycles. The van der Waals surface area contributed by atoms with Crippen molar-refractivity contribution in [2.24, 2.45) is 0 Å². The van der Waals surface area contributed by atoms with E-state index in [2.05, 4.69) is 13.8 Å². The molecule has 2 aliphatic heterocycles. The molecule has 0 aromatic rings. The van der Waals surface area contributed by atoms with Crippen molar-refractivity contribution in [3.05, 3.63) is 0 Å². The van der Waals surface area contributed by atoms with Crippen LogP contribution >= 0.6 is 23.5 Å². The van der Waals surface area contributed by atoms with Crippen molar-refractivity contribution < 1.29 is 4.79 Å². The van der Waals surface area contributed by atoms with Gasteiger partial charge in [-0.3, -0.25) is 4.79 Å². The van der Waals surface area contributed by atoms with E-state index in [1.807, 2.05) is 23.6 Å². The second-order valence-electron chi connectivity index (χ2n) is 3.82. The van der Waals surface area contributed by atoms with E-state index in [0.717, 1.165) is 5.88 Å². The van der Waals surface area contributed by atoms with Crippen LogP contribution in [0.2, 0.25) is 0 Å². The highest BCUT2D eigenvalue weighted by Gasteiger charge is 2.50. The van der Waals surface area contributed by atoms with Gasteiger partial charge in [-0.15, -0.1) is 23.5 Å². The van der Waals surface area contributed by atoms with Gasteiger partial charge in [0.1, 0.15) is 0 Å². The third kappa shape index (κ3) is 1.08. The van der Waals surface area contributed by atoms with Crippen LogP contribution in [0.3, 0.4) is 0 Å². The molecule has 4 heteroatoms. The molecular weight excluding hydrogens is 190 g/mol. The molecule has 1 amide bonds. The Balaban J connectivity index is 2.24. The number of carbonyl (C=O) groups is 1. The molecule has 0 aliphatic carbocycles. The molecule has 2 aliphatic rings. The lowest BCUT2D eigenvalue weighted by molar-refractivity contribution is -0.128. The maximum atomic E-state index is 11.6. The fraction of sp³-hybridized carbons (Fsp3) is 0.875. The molecule has 2 rings (SSSR count). The third-order valence-corrected chi connectivity index (χ3v) is 5.65. The molecule has 68 valence electrons. The zero-order valence-corrected chi connectivity index (χ0v) is 9.17. The summed E-state index contributed by atoms with van der Waals surface area (Å²) in [5.41, 5.74) is 0. The maximum Gasteiger partial charge on any atom is 0.237 e. The molecule has 0 radical (unpaired) electrons. The lowest BCUT2D eigenvalue weighted by atomic mass is 10.2. The van der Waals surface area contributed by atoms with E-state index in [0.29, 0.717) is 11.3 Å². The third-order valence-electron chi connectivity index (χ3n) is 2.42. The van der Waals surface area contributed by atoms with Gasteiger partial charge in [0.05, 0.1) is 16.5 Å². The highest BCUT2D eigenvalue weighted by Crippen LogP contribution is 2.49. The minimum atomic E-state index is 0.176. The van der Waals surface area contributed by atoms with Crippen molar-refractivity contribution >= 4 is 29.4 Å². The largest absolute Gasteiger partial charge is 0.319 e. The van der Waals surface area contributed by atoms with Crippen LogP contribution in [-0.4, -0.2) is 32.1 Å². The molecule has 0 aromatic carbocycles. The zero-order valence-electron chi connectivity index (χ0n) is 7.53. The molecule has 0 spiro atoms. The van der Waals surface area contributed by atoms with Crippen LogP contribution in [0.5, 0.6) is 0 Å². The van der Waals surface area contributed by atoms with Gasteiger partial charge in [0.15, 0.2) is 0 Å². The van der Waals surface area contributed by atoms with Gasteiger partial charge in [0.2, 0.25) is 5.91 Å². The van der Waals surface area contributed by atoms with E-state index in [4.69, 9.17) is 0 Å². The van der Waals surface area contributed by atoms with Gasteiger partial charge in [-0.2, -0.15) is 0 Å². The van der Waals surface area contributed by atoms with Gasteiger partial charge < -0.3 is 4.90 Å². The summed E-state index contributed by atoms with van der Waals surface area (Å²) >= 11 is 3.69. The average Bonchev–Trinajstić information content (AvgIpc) is 2.40. The van der Waals surface area contributed by atoms with Crippen molar-refractivity contribution in [3.8, 4) is 0 Å². The first kappa shape index (κ1) is 8.75. The van der Waals surface area contributed by atoms with Gasteiger partial charge in [-0.05, 0) is 20.8 Å². The SMILES string of the molecule is C[C@@H]1S[C@@H]2N(CSC2(C)C)C1=O. The summed E-state index contributed by atoms with van der Waals surface area (Å²) in [6.45, 7) is 6.45. The molecule has 0 aromatic heterocycles. The van der Waals surface area contributed by atoms with Gasteiger partial charge in [0, 0.05) is 4.75 Å². The smallest absolute Gasteiger partial charge is 0.237 e. The Morgan fingerprint density at radius 1 is 1.58 bits per heavy atom. The van der Waals surface area contributed by atoms with Crippen molar-refractivity contribution in [2.45, 2.75) is 36.1 Å². The predicted molar refractivity (Wildman–Crippen MR) is 54.2 cm³/mol. The van der Waals surface area contributed by atoms with Gasteiger partial charge in [-0.1, -0.05) is 0 Å². The Bertz CT molecular complexity index is 229. The summed E-state index contributed by atoms with van der Waals surface area (Å²) < 4.78 is 0.241. The first-order valence-corrected chi connectivity index (χ1v) is 6.05. The van der Waals surface area contributed by atoms with Crippen molar-refractivity contribution in [3.63, 3.8) is 0 Å².